The fraction of sp³-hybridized carbons (Fsp3) is 0.0455. The Kier molecular flexibility index (Phi) is 6.98. The van der Waals surface area contributed by atoms with Gasteiger partial charge in [-0.3, -0.25) is 0 Å². The third-order valence-electron chi connectivity index (χ3n) is 9.43. The summed E-state index contributed by atoms with van der Waals surface area (Å²) in [5, 5.41) is 4.25. The minimum absolute atomic E-state index is 0.0634. The highest BCUT2D eigenvalue weighted by atomic mass is 19.1. The van der Waals surface area contributed by atoms with Crippen molar-refractivity contribution in [2.45, 2.75) is 12.0 Å². The molecule has 1 heterocycles. The van der Waals surface area contributed by atoms with Gasteiger partial charge in [0.1, 0.15) is 23.5 Å². The van der Waals surface area contributed by atoms with E-state index in [9.17, 15) is 0 Å². The molecule has 49 heavy (non-hydrogen) atoms. The standard InChI is InChI=1S/C44H30F2N2O/c45-39-15-7-9-17-41(39)47(33-11-3-1-4-12-33)35-21-19-29-25-37-38-26-30-20-22-36(24-32(30)28-44(38)49-43(37)27-31(29)23-35)48(34-13-5-2-6-14-34)42-18-10-8-16-40(42)46/h1-28,37,43H. The van der Waals surface area contributed by atoms with Crippen molar-refractivity contribution in [3.05, 3.63) is 185 Å². The van der Waals surface area contributed by atoms with Crippen molar-refractivity contribution < 1.29 is 13.5 Å². The third-order valence-corrected chi connectivity index (χ3v) is 9.43. The monoisotopic (exact) mass is 640 g/mol. The van der Waals surface area contributed by atoms with Crippen LogP contribution in [0.25, 0.3) is 22.9 Å². The molecular weight excluding hydrogens is 610 g/mol. The lowest BCUT2D eigenvalue weighted by atomic mass is 9.89. The Hall–Kier alpha value is -6.20. The van der Waals surface area contributed by atoms with Crippen LogP contribution >= 0.6 is 0 Å². The van der Waals surface area contributed by atoms with Crippen molar-refractivity contribution in [2.24, 2.45) is 0 Å². The van der Waals surface area contributed by atoms with Gasteiger partial charge in [-0.1, -0.05) is 78.9 Å². The second-order valence-corrected chi connectivity index (χ2v) is 12.4. The smallest absolute Gasteiger partial charge is 0.147 e. The Morgan fingerprint density at radius 3 is 1.65 bits per heavy atom. The molecule has 236 valence electrons. The summed E-state index contributed by atoms with van der Waals surface area (Å²) >= 11 is 0. The van der Waals surface area contributed by atoms with E-state index >= 15 is 8.78 Å². The molecule has 2 unspecified atom stereocenters. The fourth-order valence-corrected chi connectivity index (χ4v) is 7.15. The minimum Gasteiger partial charge on any atom is -0.485 e. The van der Waals surface area contributed by atoms with Crippen LogP contribution in [0.2, 0.25) is 0 Å². The quantitative estimate of drug-likeness (QED) is 0.180. The van der Waals surface area contributed by atoms with Gasteiger partial charge < -0.3 is 14.5 Å². The van der Waals surface area contributed by atoms with Crippen molar-refractivity contribution in [1.29, 1.82) is 0 Å². The van der Waals surface area contributed by atoms with E-state index in [1.54, 1.807) is 24.3 Å². The summed E-state index contributed by atoms with van der Waals surface area (Å²) < 4.78 is 36.9. The highest BCUT2D eigenvalue weighted by molar-refractivity contribution is 5.92. The van der Waals surface area contributed by atoms with Crippen LogP contribution in [0.4, 0.5) is 42.9 Å². The van der Waals surface area contributed by atoms with Crippen LogP contribution in [0.1, 0.15) is 11.5 Å². The maximum Gasteiger partial charge on any atom is 0.147 e. The number of para-hydroxylation sites is 4. The molecule has 7 aromatic carbocycles. The van der Waals surface area contributed by atoms with E-state index in [0.717, 1.165) is 55.3 Å². The molecule has 0 saturated carbocycles. The van der Waals surface area contributed by atoms with Gasteiger partial charge in [0.15, 0.2) is 0 Å². The van der Waals surface area contributed by atoms with E-state index in [4.69, 9.17) is 4.74 Å². The van der Waals surface area contributed by atoms with Gasteiger partial charge in [0.25, 0.3) is 0 Å². The Labute approximate surface area is 282 Å². The number of anilines is 6. The SMILES string of the molecule is Fc1ccccc1N(c1ccccc1)c1ccc2c(c1)=CC1Oc3cc4cc(N(c5ccccc5)c5ccccc5F)ccc4cc3C1C=2. The summed E-state index contributed by atoms with van der Waals surface area (Å²) in [5.74, 6) is 0.329. The van der Waals surface area contributed by atoms with E-state index in [1.807, 2.05) is 88.7 Å². The lowest BCUT2D eigenvalue weighted by molar-refractivity contribution is 0.288. The van der Waals surface area contributed by atoms with Crippen LogP contribution in [0, 0.1) is 11.6 Å². The Morgan fingerprint density at radius 1 is 0.449 bits per heavy atom. The molecule has 2 aliphatic rings. The molecule has 9 rings (SSSR count). The van der Waals surface area contributed by atoms with Gasteiger partial charge in [-0.25, -0.2) is 8.78 Å². The number of nitrogens with zero attached hydrogens (tertiary/aromatic N) is 2. The molecule has 2 atom stereocenters. The van der Waals surface area contributed by atoms with Crippen molar-refractivity contribution in [3.63, 3.8) is 0 Å². The van der Waals surface area contributed by atoms with Gasteiger partial charge >= 0.3 is 0 Å². The molecule has 0 bridgehead atoms. The topological polar surface area (TPSA) is 15.7 Å². The first kappa shape index (κ1) is 29.0. The largest absolute Gasteiger partial charge is 0.485 e. The highest BCUT2D eigenvalue weighted by Gasteiger charge is 2.33. The molecule has 0 aromatic heterocycles. The second-order valence-electron chi connectivity index (χ2n) is 12.4. The lowest BCUT2D eigenvalue weighted by Gasteiger charge is -2.26. The fourth-order valence-electron chi connectivity index (χ4n) is 7.15. The van der Waals surface area contributed by atoms with Crippen LogP contribution in [-0.2, 0) is 0 Å². The molecule has 0 fully saturated rings. The van der Waals surface area contributed by atoms with Crippen LogP contribution in [0.15, 0.2) is 158 Å². The zero-order chi connectivity index (χ0) is 32.9. The molecule has 1 aliphatic carbocycles. The Bertz CT molecular complexity index is 2480. The number of rotatable bonds is 6. The minimum atomic E-state index is -0.289. The number of hydrogen-bond acceptors (Lipinski definition) is 3. The number of fused-ring (bicyclic) bond motifs is 5. The van der Waals surface area contributed by atoms with Gasteiger partial charge in [-0.05, 0) is 112 Å². The van der Waals surface area contributed by atoms with E-state index in [-0.39, 0.29) is 23.7 Å². The number of halogens is 2. The summed E-state index contributed by atoms with van der Waals surface area (Å²) in [6.45, 7) is 0. The van der Waals surface area contributed by atoms with E-state index in [1.165, 1.54) is 12.1 Å². The maximum atomic E-state index is 15.2. The van der Waals surface area contributed by atoms with Crippen LogP contribution in [0.3, 0.4) is 0 Å². The predicted molar refractivity (Wildman–Crippen MR) is 195 cm³/mol. The van der Waals surface area contributed by atoms with Gasteiger partial charge in [0, 0.05) is 34.2 Å². The predicted octanol–water partition coefficient (Wildman–Crippen LogP) is 10.2. The molecule has 0 radical (unpaired) electrons. The van der Waals surface area contributed by atoms with Gasteiger partial charge in [0.05, 0.1) is 11.4 Å². The summed E-state index contributed by atoms with van der Waals surface area (Å²) in [4.78, 5) is 3.89. The first-order valence-electron chi connectivity index (χ1n) is 16.4. The highest BCUT2D eigenvalue weighted by Crippen LogP contribution is 2.45. The molecule has 3 nitrogen and oxygen atoms in total. The van der Waals surface area contributed by atoms with Gasteiger partial charge in [-0.15, -0.1) is 0 Å². The van der Waals surface area contributed by atoms with E-state index in [2.05, 4.69) is 54.6 Å². The van der Waals surface area contributed by atoms with Gasteiger partial charge in [-0.2, -0.15) is 0 Å². The normalized spacial score (nSPS) is 15.6. The summed E-state index contributed by atoms with van der Waals surface area (Å²) in [5.41, 5.74) is 5.59. The Morgan fingerprint density at radius 2 is 1.02 bits per heavy atom. The van der Waals surface area contributed by atoms with E-state index < -0.39 is 0 Å². The van der Waals surface area contributed by atoms with Crippen molar-refractivity contribution in [1.82, 2.24) is 0 Å². The first-order chi connectivity index (χ1) is 24.1. The number of ether oxygens (including phenoxy) is 1. The molecule has 0 amide bonds. The van der Waals surface area contributed by atoms with Crippen molar-refractivity contribution >= 4 is 57.0 Å². The number of hydrogen-bond donors (Lipinski definition) is 0. The average molecular weight is 641 g/mol. The summed E-state index contributed by atoms with van der Waals surface area (Å²) in [7, 11) is 0. The van der Waals surface area contributed by atoms with Crippen molar-refractivity contribution in [2.75, 3.05) is 9.80 Å². The summed E-state index contributed by atoms with van der Waals surface area (Å²) in [6.07, 6.45) is 4.28. The molecule has 1 aliphatic heterocycles. The first-order valence-corrected chi connectivity index (χ1v) is 16.4. The average Bonchev–Trinajstić information content (AvgIpc) is 3.48. The van der Waals surface area contributed by atoms with E-state index in [0.29, 0.717) is 11.4 Å². The van der Waals surface area contributed by atoms with Crippen LogP contribution in [0.5, 0.6) is 5.75 Å². The van der Waals surface area contributed by atoms with Crippen LogP contribution < -0.4 is 25.0 Å². The second kappa shape index (κ2) is 11.8. The molecule has 0 N–H and O–H groups in total. The van der Waals surface area contributed by atoms with Crippen molar-refractivity contribution in [3.8, 4) is 5.75 Å². The molecule has 5 heteroatoms. The van der Waals surface area contributed by atoms with Gasteiger partial charge in [0.2, 0.25) is 0 Å². The number of benzene rings is 7. The lowest BCUT2D eigenvalue weighted by Crippen LogP contribution is -2.34. The Balaban J connectivity index is 1.09. The molecule has 0 saturated heterocycles. The molecule has 7 aromatic rings. The maximum absolute atomic E-state index is 15.2. The van der Waals surface area contributed by atoms with Crippen LogP contribution in [-0.4, -0.2) is 6.10 Å². The zero-order valence-electron chi connectivity index (χ0n) is 26.4. The third kappa shape index (κ3) is 5.11. The zero-order valence-corrected chi connectivity index (χ0v) is 26.4. The molecule has 0 spiro atoms. The summed E-state index contributed by atoms with van der Waals surface area (Å²) in [6, 6.07) is 50.2. The molecular formula is C44H30F2N2O.